The highest BCUT2D eigenvalue weighted by Crippen LogP contribution is 2.37. The Bertz CT molecular complexity index is 832. The van der Waals surface area contributed by atoms with E-state index in [1.54, 1.807) is 0 Å². The summed E-state index contributed by atoms with van der Waals surface area (Å²) in [5.74, 6) is -2.12. The standard InChI is InChI=1S/C16H11ClF2O5S/c1-23-11-7-8(6-9(17)14(11)24-16(18)19)2-3-10(20)12-4-5-13(25-12)15(21)22/h2-7,16H,1H3,(H,21,22)/p-1/b3-2+. The van der Waals surface area contributed by atoms with Gasteiger partial charge in [0.25, 0.3) is 0 Å². The van der Waals surface area contributed by atoms with Crippen LogP contribution in [-0.2, 0) is 0 Å². The molecule has 0 aliphatic rings. The van der Waals surface area contributed by atoms with Gasteiger partial charge >= 0.3 is 6.61 Å². The van der Waals surface area contributed by atoms with E-state index < -0.39 is 18.4 Å². The average Bonchev–Trinajstić information content (AvgIpc) is 3.04. The molecule has 0 N–H and O–H groups in total. The zero-order valence-electron chi connectivity index (χ0n) is 12.6. The summed E-state index contributed by atoms with van der Waals surface area (Å²) >= 11 is 6.69. The molecule has 0 aliphatic heterocycles. The number of allylic oxidation sites excluding steroid dienone is 1. The molecule has 0 bridgehead atoms. The van der Waals surface area contributed by atoms with Gasteiger partial charge in [-0.25, -0.2) is 0 Å². The van der Waals surface area contributed by atoms with E-state index in [4.69, 9.17) is 16.3 Å². The van der Waals surface area contributed by atoms with Crippen molar-refractivity contribution in [2.24, 2.45) is 0 Å². The third kappa shape index (κ3) is 4.77. The zero-order chi connectivity index (χ0) is 18.6. The maximum Gasteiger partial charge on any atom is 0.387 e. The van der Waals surface area contributed by atoms with Crippen LogP contribution in [0, 0.1) is 0 Å². The number of methoxy groups -OCH3 is 1. The largest absolute Gasteiger partial charge is 0.544 e. The second-order valence-corrected chi connectivity index (χ2v) is 6.05. The molecule has 0 saturated carbocycles. The second-order valence-electron chi connectivity index (χ2n) is 4.56. The fourth-order valence-electron chi connectivity index (χ4n) is 1.87. The predicted octanol–water partition coefficient (Wildman–Crippen LogP) is 3.27. The molecular formula is C16H10ClF2O5S-. The SMILES string of the molecule is COc1cc(/C=C/C(=O)c2ccc(C(=O)[O-])s2)cc(Cl)c1OC(F)F. The molecule has 0 amide bonds. The van der Waals surface area contributed by atoms with Gasteiger partial charge < -0.3 is 19.4 Å². The van der Waals surface area contributed by atoms with Crippen molar-refractivity contribution in [3.8, 4) is 11.5 Å². The Kier molecular flexibility index (Phi) is 6.11. The Morgan fingerprint density at radius 1 is 1.28 bits per heavy atom. The van der Waals surface area contributed by atoms with Crippen LogP contribution in [0.15, 0.2) is 30.3 Å². The predicted molar refractivity (Wildman–Crippen MR) is 86.7 cm³/mol. The third-order valence-electron chi connectivity index (χ3n) is 2.94. The number of ether oxygens (including phenoxy) is 2. The molecule has 0 radical (unpaired) electrons. The van der Waals surface area contributed by atoms with Crippen LogP contribution in [0.2, 0.25) is 5.02 Å². The maximum atomic E-state index is 12.4. The molecule has 5 nitrogen and oxygen atoms in total. The lowest BCUT2D eigenvalue weighted by Gasteiger charge is -2.12. The molecule has 9 heteroatoms. The van der Waals surface area contributed by atoms with E-state index in [0.717, 1.165) is 11.3 Å². The molecule has 2 rings (SSSR count). The number of carbonyl (C=O) groups is 2. The number of rotatable bonds is 7. The van der Waals surface area contributed by atoms with Gasteiger partial charge in [0, 0.05) is 0 Å². The minimum atomic E-state index is -3.06. The first-order valence-electron chi connectivity index (χ1n) is 6.67. The van der Waals surface area contributed by atoms with E-state index in [0.29, 0.717) is 5.56 Å². The maximum absolute atomic E-state index is 12.4. The van der Waals surface area contributed by atoms with Crippen molar-refractivity contribution >= 4 is 40.8 Å². The number of carbonyl (C=O) groups excluding carboxylic acids is 2. The first-order valence-corrected chi connectivity index (χ1v) is 7.87. The van der Waals surface area contributed by atoms with Gasteiger partial charge in [0.2, 0.25) is 0 Å². The number of halogens is 3. The summed E-state index contributed by atoms with van der Waals surface area (Å²) in [6, 6.07) is 5.34. The topological polar surface area (TPSA) is 75.7 Å². The molecule has 0 saturated heterocycles. The van der Waals surface area contributed by atoms with Gasteiger partial charge in [-0.05, 0) is 35.9 Å². The molecule has 0 aliphatic carbocycles. The molecule has 0 unspecified atom stereocenters. The lowest BCUT2D eigenvalue weighted by Crippen LogP contribution is -2.20. The third-order valence-corrected chi connectivity index (χ3v) is 4.30. The lowest BCUT2D eigenvalue weighted by atomic mass is 10.1. The number of ketones is 1. The molecule has 2 aromatic rings. The Morgan fingerprint density at radius 3 is 2.52 bits per heavy atom. The van der Waals surface area contributed by atoms with Gasteiger partial charge in [-0.1, -0.05) is 17.7 Å². The number of hydrogen-bond donors (Lipinski definition) is 0. The summed E-state index contributed by atoms with van der Waals surface area (Å²) in [5.41, 5.74) is 0.411. The summed E-state index contributed by atoms with van der Waals surface area (Å²) in [6.45, 7) is -3.06. The van der Waals surface area contributed by atoms with E-state index in [2.05, 4.69) is 4.74 Å². The van der Waals surface area contributed by atoms with Crippen molar-refractivity contribution < 1.29 is 33.0 Å². The molecule has 0 atom stereocenters. The van der Waals surface area contributed by atoms with E-state index >= 15 is 0 Å². The highest BCUT2D eigenvalue weighted by Gasteiger charge is 2.16. The van der Waals surface area contributed by atoms with Crippen LogP contribution in [0.3, 0.4) is 0 Å². The van der Waals surface area contributed by atoms with Crippen LogP contribution < -0.4 is 14.6 Å². The zero-order valence-corrected chi connectivity index (χ0v) is 14.2. The van der Waals surface area contributed by atoms with Gasteiger partial charge in [-0.3, -0.25) is 4.79 Å². The molecular weight excluding hydrogens is 378 g/mol. The molecule has 0 fully saturated rings. The minimum absolute atomic E-state index is 0.0183. The number of alkyl halides is 2. The highest BCUT2D eigenvalue weighted by atomic mass is 35.5. The number of carboxylic acid groups (broad SMARTS) is 1. The summed E-state index contributed by atoms with van der Waals surface area (Å²) in [7, 11) is 1.26. The van der Waals surface area contributed by atoms with Gasteiger partial charge in [0.15, 0.2) is 17.3 Å². The average molecular weight is 388 g/mol. The fourth-order valence-corrected chi connectivity index (χ4v) is 2.90. The van der Waals surface area contributed by atoms with Crippen LogP contribution in [-0.4, -0.2) is 25.5 Å². The van der Waals surface area contributed by atoms with Crippen LogP contribution in [0.1, 0.15) is 24.9 Å². The first kappa shape index (κ1) is 18.9. The van der Waals surface area contributed by atoms with Crippen molar-refractivity contribution in [2.75, 3.05) is 7.11 Å². The van der Waals surface area contributed by atoms with Gasteiger partial charge in [-0.2, -0.15) is 8.78 Å². The Labute approximate surface area is 150 Å². The Balaban J connectivity index is 2.23. The number of aromatic carboxylic acids is 1. The summed E-state index contributed by atoms with van der Waals surface area (Å²) in [6.07, 6.45) is 2.59. The Morgan fingerprint density at radius 2 is 1.96 bits per heavy atom. The fraction of sp³-hybridized carbons (Fsp3) is 0.125. The summed E-state index contributed by atoms with van der Waals surface area (Å²) < 4.78 is 34.0. The number of hydrogen-bond acceptors (Lipinski definition) is 6. The molecule has 132 valence electrons. The smallest absolute Gasteiger partial charge is 0.387 e. The quantitative estimate of drug-likeness (QED) is 0.538. The number of carboxylic acids is 1. The molecule has 1 aromatic carbocycles. The van der Waals surface area contributed by atoms with E-state index in [-0.39, 0.29) is 26.3 Å². The lowest BCUT2D eigenvalue weighted by molar-refractivity contribution is -0.254. The van der Waals surface area contributed by atoms with Gasteiger partial charge in [-0.15, -0.1) is 11.3 Å². The van der Waals surface area contributed by atoms with Gasteiger partial charge in [0.1, 0.15) is 0 Å². The Hall–Kier alpha value is -2.45. The molecule has 1 heterocycles. The molecule has 25 heavy (non-hydrogen) atoms. The van der Waals surface area contributed by atoms with E-state index in [1.807, 2.05) is 0 Å². The number of thiophene rings is 1. The van der Waals surface area contributed by atoms with Crippen molar-refractivity contribution in [2.45, 2.75) is 6.61 Å². The van der Waals surface area contributed by atoms with Crippen LogP contribution >= 0.6 is 22.9 Å². The van der Waals surface area contributed by atoms with Crippen LogP contribution in [0.4, 0.5) is 8.78 Å². The first-order chi connectivity index (χ1) is 11.8. The van der Waals surface area contributed by atoms with Crippen molar-refractivity contribution in [3.05, 3.63) is 50.7 Å². The van der Waals surface area contributed by atoms with Crippen molar-refractivity contribution in [3.63, 3.8) is 0 Å². The normalized spacial score (nSPS) is 11.1. The van der Waals surface area contributed by atoms with Crippen molar-refractivity contribution in [1.82, 2.24) is 0 Å². The van der Waals surface area contributed by atoms with Crippen molar-refractivity contribution in [1.29, 1.82) is 0 Å². The monoisotopic (exact) mass is 387 g/mol. The minimum Gasteiger partial charge on any atom is -0.544 e. The second kappa shape index (κ2) is 8.09. The number of benzene rings is 1. The van der Waals surface area contributed by atoms with Crippen LogP contribution in [0.25, 0.3) is 6.08 Å². The summed E-state index contributed by atoms with van der Waals surface area (Å²) in [4.78, 5) is 22.9. The molecule has 1 aromatic heterocycles. The van der Waals surface area contributed by atoms with Gasteiger partial charge in [0.05, 0.1) is 27.9 Å². The highest BCUT2D eigenvalue weighted by molar-refractivity contribution is 7.16. The van der Waals surface area contributed by atoms with Crippen LogP contribution in [0.5, 0.6) is 11.5 Å². The van der Waals surface area contributed by atoms with E-state index in [1.165, 1.54) is 43.5 Å². The summed E-state index contributed by atoms with van der Waals surface area (Å²) in [5, 5.41) is 10.6. The van der Waals surface area contributed by atoms with E-state index in [9.17, 15) is 23.5 Å². The molecule has 0 spiro atoms.